The molecule has 0 N–H and O–H groups in total. The van der Waals surface area contributed by atoms with Gasteiger partial charge in [-0.3, -0.25) is 0 Å². The normalized spacial score (nSPS) is 33.0. The van der Waals surface area contributed by atoms with Crippen molar-refractivity contribution in [2.75, 3.05) is 27.4 Å². The average Bonchev–Trinajstić information content (AvgIpc) is 2.36. The van der Waals surface area contributed by atoms with Crippen molar-refractivity contribution in [2.24, 2.45) is 0 Å². The second kappa shape index (κ2) is 3.91. The maximum atomic E-state index is 5.35. The SMILES string of the molecule is COC[C@H]1OCC[C@@H]1OC. The smallest absolute Gasteiger partial charge is 0.107 e. The van der Waals surface area contributed by atoms with Gasteiger partial charge in [0.1, 0.15) is 6.10 Å². The Hall–Kier alpha value is -0.120. The zero-order chi connectivity index (χ0) is 7.40. The van der Waals surface area contributed by atoms with Gasteiger partial charge >= 0.3 is 0 Å². The van der Waals surface area contributed by atoms with E-state index in [9.17, 15) is 0 Å². The summed E-state index contributed by atoms with van der Waals surface area (Å²) in [5.41, 5.74) is 0. The van der Waals surface area contributed by atoms with Gasteiger partial charge in [-0.25, -0.2) is 0 Å². The molecule has 0 aliphatic carbocycles. The summed E-state index contributed by atoms with van der Waals surface area (Å²) >= 11 is 0. The molecule has 2 atom stereocenters. The third-order valence-electron chi connectivity index (χ3n) is 1.78. The van der Waals surface area contributed by atoms with Crippen molar-refractivity contribution < 1.29 is 14.2 Å². The summed E-state index contributed by atoms with van der Waals surface area (Å²) in [6, 6.07) is 0. The summed E-state index contributed by atoms with van der Waals surface area (Å²) in [7, 11) is 3.39. The predicted molar refractivity (Wildman–Crippen MR) is 37.0 cm³/mol. The van der Waals surface area contributed by atoms with Crippen molar-refractivity contribution in [2.45, 2.75) is 18.6 Å². The lowest BCUT2D eigenvalue weighted by atomic mass is 10.2. The fraction of sp³-hybridized carbons (Fsp3) is 1.00. The van der Waals surface area contributed by atoms with Gasteiger partial charge in [0.05, 0.1) is 12.7 Å². The lowest BCUT2D eigenvalue weighted by Gasteiger charge is -2.15. The topological polar surface area (TPSA) is 27.7 Å². The molecule has 1 aliphatic heterocycles. The summed E-state index contributed by atoms with van der Waals surface area (Å²) in [6.07, 6.45) is 1.37. The highest BCUT2D eigenvalue weighted by Gasteiger charge is 2.27. The molecule has 0 spiro atoms. The van der Waals surface area contributed by atoms with Gasteiger partial charge in [0.2, 0.25) is 0 Å². The van der Waals surface area contributed by atoms with Crippen molar-refractivity contribution in [1.29, 1.82) is 0 Å². The molecule has 1 aliphatic rings. The van der Waals surface area contributed by atoms with E-state index < -0.39 is 0 Å². The first-order valence-electron chi connectivity index (χ1n) is 3.52. The number of hydrogen-bond donors (Lipinski definition) is 0. The van der Waals surface area contributed by atoms with Crippen molar-refractivity contribution in [1.82, 2.24) is 0 Å². The Bertz CT molecular complexity index is 94.9. The molecule has 10 heavy (non-hydrogen) atoms. The molecule has 1 saturated heterocycles. The van der Waals surface area contributed by atoms with Crippen LogP contribution in [-0.4, -0.2) is 39.6 Å². The first kappa shape index (κ1) is 7.98. The van der Waals surface area contributed by atoms with E-state index in [0.717, 1.165) is 13.0 Å². The lowest BCUT2D eigenvalue weighted by Crippen LogP contribution is -2.27. The highest BCUT2D eigenvalue weighted by atomic mass is 16.6. The summed E-state index contributed by atoms with van der Waals surface area (Å²) in [6.45, 7) is 1.44. The molecular formula is C7H14O3. The number of methoxy groups -OCH3 is 2. The zero-order valence-corrected chi connectivity index (χ0v) is 6.50. The minimum Gasteiger partial charge on any atom is -0.382 e. The first-order chi connectivity index (χ1) is 4.88. The summed E-state index contributed by atoms with van der Waals surface area (Å²) in [5, 5.41) is 0. The monoisotopic (exact) mass is 146 g/mol. The van der Waals surface area contributed by atoms with Crippen LogP contribution in [0, 0.1) is 0 Å². The molecule has 0 unspecified atom stereocenters. The van der Waals surface area contributed by atoms with Crippen LogP contribution in [0.15, 0.2) is 0 Å². The molecule has 1 fully saturated rings. The predicted octanol–water partition coefficient (Wildman–Crippen LogP) is 0.437. The van der Waals surface area contributed by atoms with Gasteiger partial charge in [0.15, 0.2) is 0 Å². The largest absolute Gasteiger partial charge is 0.382 e. The van der Waals surface area contributed by atoms with E-state index in [1.54, 1.807) is 14.2 Å². The van der Waals surface area contributed by atoms with E-state index >= 15 is 0 Å². The fourth-order valence-corrected chi connectivity index (χ4v) is 1.22. The maximum Gasteiger partial charge on any atom is 0.107 e. The quantitative estimate of drug-likeness (QED) is 0.578. The van der Waals surface area contributed by atoms with E-state index in [0.29, 0.717) is 6.61 Å². The van der Waals surface area contributed by atoms with Crippen molar-refractivity contribution in [3.8, 4) is 0 Å². The fourth-order valence-electron chi connectivity index (χ4n) is 1.22. The van der Waals surface area contributed by atoms with Gasteiger partial charge in [-0.05, 0) is 6.42 Å². The molecule has 3 heteroatoms. The minimum atomic E-state index is 0.148. The van der Waals surface area contributed by atoms with E-state index in [4.69, 9.17) is 14.2 Å². The van der Waals surface area contributed by atoms with Crippen LogP contribution in [0.3, 0.4) is 0 Å². The Morgan fingerprint density at radius 1 is 1.50 bits per heavy atom. The van der Waals surface area contributed by atoms with Crippen LogP contribution in [0.5, 0.6) is 0 Å². The Kier molecular flexibility index (Phi) is 3.12. The Morgan fingerprint density at radius 3 is 2.90 bits per heavy atom. The van der Waals surface area contributed by atoms with E-state index in [1.807, 2.05) is 0 Å². The van der Waals surface area contributed by atoms with Crippen LogP contribution in [0.25, 0.3) is 0 Å². The van der Waals surface area contributed by atoms with Crippen LogP contribution >= 0.6 is 0 Å². The summed E-state index contributed by atoms with van der Waals surface area (Å²) in [5.74, 6) is 0. The van der Waals surface area contributed by atoms with Crippen molar-refractivity contribution in [3.63, 3.8) is 0 Å². The van der Waals surface area contributed by atoms with Gasteiger partial charge in [0, 0.05) is 20.8 Å². The van der Waals surface area contributed by atoms with Gasteiger partial charge in [-0.1, -0.05) is 0 Å². The molecule has 0 bridgehead atoms. The summed E-state index contributed by atoms with van der Waals surface area (Å²) < 4.78 is 15.5. The van der Waals surface area contributed by atoms with Crippen LogP contribution in [0.2, 0.25) is 0 Å². The van der Waals surface area contributed by atoms with Gasteiger partial charge in [0.25, 0.3) is 0 Å². The Balaban J connectivity index is 2.27. The van der Waals surface area contributed by atoms with E-state index in [1.165, 1.54) is 0 Å². The average molecular weight is 146 g/mol. The third kappa shape index (κ3) is 1.68. The van der Waals surface area contributed by atoms with Gasteiger partial charge in [-0.15, -0.1) is 0 Å². The number of ether oxygens (including phenoxy) is 3. The molecule has 0 saturated carbocycles. The molecule has 0 aromatic rings. The third-order valence-corrected chi connectivity index (χ3v) is 1.78. The molecule has 0 amide bonds. The van der Waals surface area contributed by atoms with E-state index in [2.05, 4.69) is 0 Å². The molecule has 60 valence electrons. The molecule has 0 aromatic heterocycles. The van der Waals surface area contributed by atoms with Crippen LogP contribution in [-0.2, 0) is 14.2 Å². The van der Waals surface area contributed by atoms with Crippen LogP contribution in [0.1, 0.15) is 6.42 Å². The summed E-state index contributed by atoms with van der Waals surface area (Å²) in [4.78, 5) is 0. The standard InChI is InChI=1S/C7H14O3/c1-8-5-7-6(9-2)3-4-10-7/h6-7H,3-5H2,1-2H3/t6-,7+/m0/s1. The number of hydrogen-bond acceptors (Lipinski definition) is 3. The highest BCUT2D eigenvalue weighted by molar-refractivity contribution is 4.75. The van der Waals surface area contributed by atoms with Crippen molar-refractivity contribution in [3.05, 3.63) is 0 Å². The highest BCUT2D eigenvalue weighted by Crippen LogP contribution is 2.15. The Morgan fingerprint density at radius 2 is 2.30 bits per heavy atom. The van der Waals surface area contributed by atoms with Crippen molar-refractivity contribution >= 4 is 0 Å². The first-order valence-corrected chi connectivity index (χ1v) is 3.52. The van der Waals surface area contributed by atoms with Crippen LogP contribution < -0.4 is 0 Å². The Labute approximate surface area is 61.3 Å². The molecular weight excluding hydrogens is 132 g/mol. The molecule has 3 nitrogen and oxygen atoms in total. The second-order valence-corrected chi connectivity index (χ2v) is 2.43. The second-order valence-electron chi connectivity index (χ2n) is 2.43. The molecule has 0 radical (unpaired) electrons. The van der Waals surface area contributed by atoms with Crippen LogP contribution in [0.4, 0.5) is 0 Å². The maximum absolute atomic E-state index is 5.35. The zero-order valence-electron chi connectivity index (χ0n) is 6.50. The molecule has 0 aromatic carbocycles. The van der Waals surface area contributed by atoms with Gasteiger partial charge in [-0.2, -0.15) is 0 Å². The minimum absolute atomic E-state index is 0.148. The molecule has 1 rings (SSSR count). The van der Waals surface area contributed by atoms with Gasteiger partial charge < -0.3 is 14.2 Å². The molecule has 1 heterocycles. The van der Waals surface area contributed by atoms with E-state index in [-0.39, 0.29) is 12.2 Å². The lowest BCUT2D eigenvalue weighted by molar-refractivity contribution is -0.0259. The number of rotatable bonds is 3.